The summed E-state index contributed by atoms with van der Waals surface area (Å²) in [6.07, 6.45) is 0. The topological polar surface area (TPSA) is 52.5 Å². The van der Waals surface area contributed by atoms with Gasteiger partial charge in [0.2, 0.25) is 0 Å². The predicted molar refractivity (Wildman–Crippen MR) is 81.2 cm³/mol. The van der Waals surface area contributed by atoms with Crippen molar-refractivity contribution in [3.05, 3.63) is 58.6 Å². The van der Waals surface area contributed by atoms with Gasteiger partial charge in [0.1, 0.15) is 11.5 Å². The van der Waals surface area contributed by atoms with Gasteiger partial charge in [-0.15, -0.1) is 0 Å². The Morgan fingerprint density at radius 3 is 1.90 bits per heavy atom. The Bertz CT molecular complexity index is 563. The maximum atomic E-state index is 9.52. The zero-order chi connectivity index (χ0) is 14.7. The molecule has 0 aliphatic carbocycles. The van der Waals surface area contributed by atoms with Crippen molar-refractivity contribution >= 4 is 11.6 Å². The third-order valence-electron chi connectivity index (χ3n) is 3.29. The molecule has 4 heteroatoms. The highest BCUT2D eigenvalue weighted by molar-refractivity contribution is 6.30. The van der Waals surface area contributed by atoms with Crippen LogP contribution in [0.25, 0.3) is 0 Å². The minimum Gasteiger partial charge on any atom is -0.508 e. The summed E-state index contributed by atoms with van der Waals surface area (Å²) in [5.41, 5.74) is 1.97. The summed E-state index contributed by atoms with van der Waals surface area (Å²) in [6.45, 7) is 4.04. The first-order valence-electron chi connectivity index (χ1n) is 6.50. The maximum absolute atomic E-state index is 9.52. The molecule has 0 heterocycles. The van der Waals surface area contributed by atoms with Gasteiger partial charge in [-0.1, -0.05) is 23.7 Å². The molecule has 0 spiro atoms. The van der Waals surface area contributed by atoms with E-state index in [1.54, 1.807) is 12.1 Å². The van der Waals surface area contributed by atoms with E-state index in [4.69, 9.17) is 11.6 Å². The standard InChI is InChI=1S/C16H18ClNO2/c1-10(12-3-5-14(17)6-4-12)18-11(2)13-7-15(19)9-16(20)8-13/h3-11,18-20H,1-2H3/t10-,11?/m0/s1. The van der Waals surface area contributed by atoms with Crippen LogP contribution in [0.3, 0.4) is 0 Å². The van der Waals surface area contributed by atoms with E-state index in [1.807, 2.05) is 31.2 Å². The van der Waals surface area contributed by atoms with Crippen LogP contribution in [0.4, 0.5) is 0 Å². The Kier molecular flexibility index (Phi) is 4.53. The molecule has 0 bridgehead atoms. The molecule has 1 unspecified atom stereocenters. The summed E-state index contributed by atoms with van der Waals surface area (Å²) < 4.78 is 0. The first-order chi connectivity index (χ1) is 9.45. The van der Waals surface area contributed by atoms with Crippen LogP contribution in [0.1, 0.15) is 37.1 Å². The van der Waals surface area contributed by atoms with E-state index in [1.165, 1.54) is 6.07 Å². The van der Waals surface area contributed by atoms with Crippen molar-refractivity contribution in [2.45, 2.75) is 25.9 Å². The molecule has 0 aromatic heterocycles. The van der Waals surface area contributed by atoms with Crippen molar-refractivity contribution in [3.63, 3.8) is 0 Å². The number of hydrogen-bond acceptors (Lipinski definition) is 3. The van der Waals surface area contributed by atoms with E-state index in [0.717, 1.165) is 11.1 Å². The van der Waals surface area contributed by atoms with Crippen LogP contribution in [0.5, 0.6) is 11.5 Å². The quantitative estimate of drug-likeness (QED) is 0.793. The molecule has 2 rings (SSSR count). The van der Waals surface area contributed by atoms with Crippen LogP contribution < -0.4 is 5.32 Å². The van der Waals surface area contributed by atoms with Crippen molar-refractivity contribution < 1.29 is 10.2 Å². The highest BCUT2D eigenvalue weighted by Crippen LogP contribution is 2.26. The van der Waals surface area contributed by atoms with Gasteiger partial charge >= 0.3 is 0 Å². The number of rotatable bonds is 4. The van der Waals surface area contributed by atoms with Gasteiger partial charge in [0.05, 0.1) is 0 Å². The Labute approximate surface area is 123 Å². The fraction of sp³-hybridized carbons (Fsp3) is 0.250. The SMILES string of the molecule is CC(N[C@@H](C)c1ccc(Cl)cc1)c1cc(O)cc(O)c1. The van der Waals surface area contributed by atoms with Crippen molar-refractivity contribution in [2.24, 2.45) is 0 Å². The summed E-state index contributed by atoms with van der Waals surface area (Å²) in [4.78, 5) is 0. The molecule has 2 aromatic carbocycles. The maximum Gasteiger partial charge on any atom is 0.119 e. The molecule has 0 fully saturated rings. The van der Waals surface area contributed by atoms with Crippen molar-refractivity contribution in [2.75, 3.05) is 0 Å². The van der Waals surface area contributed by atoms with Crippen molar-refractivity contribution in [1.82, 2.24) is 5.32 Å². The third kappa shape index (κ3) is 3.65. The molecule has 0 aliphatic rings. The number of phenolic OH excluding ortho intramolecular Hbond substituents is 2. The zero-order valence-corrected chi connectivity index (χ0v) is 12.2. The molecular weight excluding hydrogens is 274 g/mol. The van der Waals surface area contributed by atoms with Crippen molar-refractivity contribution in [3.8, 4) is 11.5 Å². The second-order valence-corrected chi connectivity index (χ2v) is 5.38. The lowest BCUT2D eigenvalue weighted by Crippen LogP contribution is -2.22. The lowest BCUT2D eigenvalue weighted by molar-refractivity contribution is 0.442. The third-order valence-corrected chi connectivity index (χ3v) is 3.55. The molecule has 0 saturated heterocycles. The van der Waals surface area contributed by atoms with Crippen LogP contribution in [-0.4, -0.2) is 10.2 Å². The van der Waals surface area contributed by atoms with Crippen LogP contribution in [0.15, 0.2) is 42.5 Å². The summed E-state index contributed by atoms with van der Waals surface area (Å²) >= 11 is 5.88. The van der Waals surface area contributed by atoms with Crippen LogP contribution in [-0.2, 0) is 0 Å². The monoisotopic (exact) mass is 291 g/mol. The van der Waals surface area contributed by atoms with Gasteiger partial charge in [0, 0.05) is 23.2 Å². The molecule has 2 aromatic rings. The summed E-state index contributed by atoms with van der Waals surface area (Å²) in [7, 11) is 0. The van der Waals surface area contributed by atoms with Gasteiger partial charge in [-0.25, -0.2) is 0 Å². The molecule has 3 N–H and O–H groups in total. The second kappa shape index (κ2) is 6.16. The lowest BCUT2D eigenvalue weighted by Gasteiger charge is -2.21. The predicted octanol–water partition coefficient (Wildman–Crippen LogP) is 4.16. The Hall–Kier alpha value is -1.71. The summed E-state index contributed by atoms with van der Waals surface area (Å²) in [6, 6.07) is 12.4. The van der Waals surface area contributed by atoms with Crippen LogP contribution >= 0.6 is 11.6 Å². The molecule has 0 amide bonds. The first-order valence-corrected chi connectivity index (χ1v) is 6.88. The second-order valence-electron chi connectivity index (χ2n) is 4.94. The minimum absolute atomic E-state index is 0.00122. The molecule has 0 saturated carbocycles. The number of phenols is 2. The van der Waals surface area contributed by atoms with Gasteiger partial charge in [0.15, 0.2) is 0 Å². The molecule has 2 atom stereocenters. The summed E-state index contributed by atoms with van der Waals surface area (Å²) in [5, 5.41) is 23.2. The average Bonchev–Trinajstić information content (AvgIpc) is 2.38. The van der Waals surface area contributed by atoms with Gasteiger partial charge in [-0.3, -0.25) is 0 Å². The number of halogens is 1. The normalized spacial score (nSPS) is 13.9. The fourth-order valence-corrected chi connectivity index (χ4v) is 2.31. The van der Waals surface area contributed by atoms with Crippen LogP contribution in [0, 0.1) is 0 Å². The van der Waals surface area contributed by atoms with E-state index in [-0.39, 0.29) is 23.6 Å². The molecule has 106 valence electrons. The van der Waals surface area contributed by atoms with Crippen molar-refractivity contribution in [1.29, 1.82) is 0 Å². The molecule has 3 nitrogen and oxygen atoms in total. The Morgan fingerprint density at radius 2 is 1.35 bits per heavy atom. The first kappa shape index (κ1) is 14.7. The number of nitrogens with one attached hydrogen (secondary N) is 1. The van der Waals surface area contributed by atoms with Gasteiger partial charge in [-0.2, -0.15) is 0 Å². The average molecular weight is 292 g/mol. The van der Waals surface area contributed by atoms with E-state index < -0.39 is 0 Å². The van der Waals surface area contributed by atoms with Gasteiger partial charge < -0.3 is 15.5 Å². The van der Waals surface area contributed by atoms with Gasteiger partial charge in [-0.05, 0) is 49.2 Å². The Morgan fingerprint density at radius 1 is 0.850 bits per heavy atom. The molecule has 0 aliphatic heterocycles. The van der Waals surface area contributed by atoms with E-state index in [0.29, 0.717) is 5.02 Å². The number of aromatic hydroxyl groups is 2. The largest absolute Gasteiger partial charge is 0.508 e. The summed E-state index contributed by atoms with van der Waals surface area (Å²) in [5.74, 6) is 0.126. The highest BCUT2D eigenvalue weighted by atomic mass is 35.5. The van der Waals surface area contributed by atoms with E-state index in [9.17, 15) is 10.2 Å². The van der Waals surface area contributed by atoms with E-state index in [2.05, 4.69) is 12.2 Å². The zero-order valence-electron chi connectivity index (χ0n) is 11.5. The number of benzene rings is 2. The Balaban J connectivity index is 2.10. The lowest BCUT2D eigenvalue weighted by atomic mass is 10.0. The smallest absolute Gasteiger partial charge is 0.119 e. The highest BCUT2D eigenvalue weighted by Gasteiger charge is 2.12. The molecule has 0 radical (unpaired) electrons. The van der Waals surface area contributed by atoms with Gasteiger partial charge in [0.25, 0.3) is 0 Å². The van der Waals surface area contributed by atoms with E-state index >= 15 is 0 Å². The molecule has 20 heavy (non-hydrogen) atoms. The minimum atomic E-state index is -0.00122. The number of hydrogen-bond donors (Lipinski definition) is 3. The van der Waals surface area contributed by atoms with Crippen LogP contribution in [0.2, 0.25) is 5.02 Å². The fourth-order valence-electron chi connectivity index (χ4n) is 2.19. The molecular formula is C16H18ClNO2.